The average molecular weight is 426 g/mol. The van der Waals surface area contributed by atoms with Crippen LogP contribution in [0.15, 0.2) is 47.0 Å². The normalized spacial score (nSPS) is 17.2. The molecular weight excluding hydrogens is 414 g/mol. The first kappa shape index (κ1) is 19.4. The minimum Gasteiger partial charge on any atom is -0.339 e. The van der Waals surface area contributed by atoms with E-state index >= 15 is 0 Å². The Bertz CT molecular complexity index is 1080. The summed E-state index contributed by atoms with van der Waals surface area (Å²) < 4.78 is 57.4. The molecule has 1 atom stereocenters. The van der Waals surface area contributed by atoms with E-state index in [4.69, 9.17) is 16.1 Å². The van der Waals surface area contributed by atoms with Gasteiger partial charge in [0.05, 0.1) is 16.5 Å². The molecule has 0 saturated carbocycles. The number of nitrogens with zero attached hydrogens (tertiary/aromatic N) is 3. The summed E-state index contributed by atoms with van der Waals surface area (Å²) in [5.41, 5.74) is -0.248. The number of hydrogen-bond donors (Lipinski definition) is 0. The molecule has 2 heterocycles. The predicted molar refractivity (Wildman–Crippen MR) is 95.9 cm³/mol. The summed E-state index contributed by atoms with van der Waals surface area (Å²) in [7, 11) is 0. The zero-order valence-electron chi connectivity index (χ0n) is 14.6. The molecular formula is C19H12ClF4N3O2. The minimum absolute atomic E-state index is 0.0159. The van der Waals surface area contributed by atoms with E-state index in [1.807, 2.05) is 0 Å². The topological polar surface area (TPSA) is 59.2 Å². The van der Waals surface area contributed by atoms with Crippen LogP contribution in [0.3, 0.4) is 0 Å². The highest BCUT2D eigenvalue weighted by atomic mass is 35.5. The Hall–Kier alpha value is -2.94. The van der Waals surface area contributed by atoms with Crippen molar-refractivity contribution < 1.29 is 26.9 Å². The standard InChI is InChI=1S/C19H12ClF4N3O2/c20-14-6-10(4-5-15(14)21)17-25-18(29-26-17)11-7-16(28)27(9-11)13-3-1-2-12(8-13)19(22,23)24/h1-6,8,11H,7,9H2. The fraction of sp³-hybridized carbons (Fsp3) is 0.211. The first-order valence-electron chi connectivity index (χ1n) is 8.49. The highest BCUT2D eigenvalue weighted by Gasteiger charge is 2.37. The number of halogens is 5. The van der Waals surface area contributed by atoms with Crippen LogP contribution in [0, 0.1) is 5.82 Å². The van der Waals surface area contributed by atoms with E-state index in [0.29, 0.717) is 5.56 Å². The largest absolute Gasteiger partial charge is 0.416 e. The third-order valence-corrected chi connectivity index (χ3v) is 4.87. The van der Waals surface area contributed by atoms with Crippen molar-refractivity contribution in [2.75, 3.05) is 11.4 Å². The Labute approximate surface area is 166 Å². The van der Waals surface area contributed by atoms with Crippen LogP contribution >= 0.6 is 11.6 Å². The van der Waals surface area contributed by atoms with E-state index in [-0.39, 0.29) is 41.3 Å². The number of carbonyl (C=O) groups excluding carboxylic acids is 1. The highest BCUT2D eigenvalue weighted by Crippen LogP contribution is 2.36. The molecule has 5 nitrogen and oxygen atoms in total. The molecule has 150 valence electrons. The summed E-state index contributed by atoms with van der Waals surface area (Å²) in [6, 6.07) is 8.52. The maximum atomic E-state index is 13.3. The van der Waals surface area contributed by atoms with Crippen LogP contribution in [-0.4, -0.2) is 22.6 Å². The second-order valence-electron chi connectivity index (χ2n) is 6.54. The van der Waals surface area contributed by atoms with Gasteiger partial charge in [-0.3, -0.25) is 4.79 Å². The fourth-order valence-corrected chi connectivity index (χ4v) is 3.31. The Morgan fingerprint density at radius 1 is 1.17 bits per heavy atom. The number of rotatable bonds is 3. The Morgan fingerprint density at radius 2 is 1.97 bits per heavy atom. The van der Waals surface area contributed by atoms with Crippen LogP contribution in [0.5, 0.6) is 0 Å². The van der Waals surface area contributed by atoms with Gasteiger partial charge >= 0.3 is 6.18 Å². The molecule has 3 aromatic rings. The summed E-state index contributed by atoms with van der Waals surface area (Å²) in [4.78, 5) is 17.9. The van der Waals surface area contributed by atoms with Crippen molar-refractivity contribution in [1.29, 1.82) is 0 Å². The number of amides is 1. The fourth-order valence-electron chi connectivity index (χ4n) is 3.13. The third-order valence-electron chi connectivity index (χ3n) is 4.58. The first-order valence-corrected chi connectivity index (χ1v) is 8.87. The maximum Gasteiger partial charge on any atom is 0.416 e. The van der Waals surface area contributed by atoms with E-state index < -0.39 is 23.5 Å². The molecule has 2 aromatic carbocycles. The van der Waals surface area contributed by atoms with Crippen molar-refractivity contribution in [3.8, 4) is 11.4 Å². The van der Waals surface area contributed by atoms with Gasteiger partial charge in [-0.05, 0) is 36.4 Å². The average Bonchev–Trinajstić information content (AvgIpc) is 3.30. The lowest BCUT2D eigenvalue weighted by Crippen LogP contribution is -2.24. The van der Waals surface area contributed by atoms with Gasteiger partial charge in [0.15, 0.2) is 0 Å². The molecule has 0 N–H and O–H groups in total. The molecule has 1 saturated heterocycles. The Balaban J connectivity index is 1.56. The van der Waals surface area contributed by atoms with Gasteiger partial charge in [0.2, 0.25) is 17.6 Å². The smallest absolute Gasteiger partial charge is 0.339 e. The van der Waals surface area contributed by atoms with Gasteiger partial charge in [0.25, 0.3) is 0 Å². The lowest BCUT2D eigenvalue weighted by atomic mass is 10.1. The van der Waals surface area contributed by atoms with Crippen molar-refractivity contribution >= 4 is 23.2 Å². The van der Waals surface area contributed by atoms with Crippen LogP contribution in [0.1, 0.15) is 23.8 Å². The molecule has 0 spiro atoms. The number of benzene rings is 2. The number of anilines is 1. The molecule has 29 heavy (non-hydrogen) atoms. The second kappa shape index (κ2) is 7.14. The number of carbonyl (C=O) groups is 1. The van der Waals surface area contributed by atoms with E-state index in [1.54, 1.807) is 0 Å². The minimum atomic E-state index is -4.50. The lowest BCUT2D eigenvalue weighted by molar-refractivity contribution is -0.137. The molecule has 1 unspecified atom stereocenters. The van der Waals surface area contributed by atoms with Gasteiger partial charge < -0.3 is 9.42 Å². The zero-order valence-corrected chi connectivity index (χ0v) is 15.3. The number of aromatic nitrogens is 2. The molecule has 1 fully saturated rings. The van der Waals surface area contributed by atoms with Crippen molar-refractivity contribution in [3.05, 3.63) is 64.8 Å². The van der Waals surface area contributed by atoms with E-state index in [0.717, 1.165) is 12.1 Å². The summed E-state index contributed by atoms with van der Waals surface area (Å²) in [5, 5.41) is 3.73. The van der Waals surface area contributed by atoms with Crippen LogP contribution in [0.25, 0.3) is 11.4 Å². The molecule has 10 heteroatoms. The first-order chi connectivity index (χ1) is 13.7. The van der Waals surface area contributed by atoms with Gasteiger partial charge in [0.1, 0.15) is 5.82 Å². The van der Waals surface area contributed by atoms with Gasteiger partial charge in [-0.2, -0.15) is 18.2 Å². The number of hydrogen-bond acceptors (Lipinski definition) is 4. The highest BCUT2D eigenvalue weighted by molar-refractivity contribution is 6.31. The lowest BCUT2D eigenvalue weighted by Gasteiger charge is -2.17. The molecule has 4 rings (SSSR count). The van der Waals surface area contributed by atoms with Crippen molar-refractivity contribution in [2.45, 2.75) is 18.5 Å². The molecule has 1 aliphatic rings. The summed E-state index contributed by atoms with van der Waals surface area (Å²) in [6.07, 6.45) is -4.49. The summed E-state index contributed by atoms with van der Waals surface area (Å²) >= 11 is 5.76. The Kier molecular flexibility index (Phi) is 4.77. The van der Waals surface area contributed by atoms with Gasteiger partial charge in [-0.15, -0.1) is 0 Å². The summed E-state index contributed by atoms with van der Waals surface area (Å²) in [5.74, 6) is -1.07. The second-order valence-corrected chi connectivity index (χ2v) is 6.95. The molecule has 0 aliphatic carbocycles. The molecule has 1 aromatic heterocycles. The monoisotopic (exact) mass is 425 g/mol. The zero-order chi connectivity index (χ0) is 20.8. The summed E-state index contributed by atoms with van der Waals surface area (Å²) in [6.45, 7) is 0.103. The third kappa shape index (κ3) is 3.82. The van der Waals surface area contributed by atoms with Crippen LogP contribution in [0.2, 0.25) is 5.02 Å². The van der Waals surface area contributed by atoms with Gasteiger partial charge in [0, 0.05) is 24.2 Å². The quantitative estimate of drug-likeness (QED) is 0.550. The molecule has 0 radical (unpaired) electrons. The molecule has 0 bridgehead atoms. The van der Waals surface area contributed by atoms with E-state index in [2.05, 4.69) is 10.1 Å². The van der Waals surface area contributed by atoms with Crippen molar-refractivity contribution in [1.82, 2.24) is 10.1 Å². The van der Waals surface area contributed by atoms with Crippen molar-refractivity contribution in [2.24, 2.45) is 0 Å². The predicted octanol–water partition coefficient (Wildman–Crippen LogP) is 5.07. The van der Waals surface area contributed by atoms with Crippen molar-refractivity contribution in [3.63, 3.8) is 0 Å². The maximum absolute atomic E-state index is 13.3. The Morgan fingerprint density at radius 3 is 2.69 bits per heavy atom. The molecule has 1 amide bonds. The van der Waals surface area contributed by atoms with Crippen LogP contribution < -0.4 is 4.90 Å². The SMILES string of the molecule is O=C1CC(c2nc(-c3ccc(F)c(Cl)c3)no2)CN1c1cccc(C(F)(F)F)c1. The van der Waals surface area contributed by atoms with Crippen LogP contribution in [-0.2, 0) is 11.0 Å². The van der Waals surface area contributed by atoms with E-state index in [1.165, 1.54) is 35.2 Å². The van der Waals surface area contributed by atoms with Gasteiger partial charge in [-0.25, -0.2) is 4.39 Å². The van der Waals surface area contributed by atoms with E-state index in [9.17, 15) is 22.4 Å². The number of alkyl halides is 3. The molecule has 1 aliphatic heterocycles. The van der Waals surface area contributed by atoms with Crippen LogP contribution in [0.4, 0.5) is 23.2 Å². The van der Waals surface area contributed by atoms with Gasteiger partial charge in [-0.1, -0.05) is 22.8 Å².